The summed E-state index contributed by atoms with van der Waals surface area (Å²) in [7, 11) is 0. The smallest absolute Gasteiger partial charge is 0.278 e. The molecule has 0 aliphatic carbocycles. The number of benzene rings is 2. The first-order chi connectivity index (χ1) is 13.3. The van der Waals surface area contributed by atoms with E-state index < -0.39 is 0 Å². The van der Waals surface area contributed by atoms with Crippen molar-refractivity contribution in [2.45, 2.75) is 26.2 Å². The van der Waals surface area contributed by atoms with Crippen LogP contribution in [0.25, 0.3) is 23.0 Å². The summed E-state index contributed by atoms with van der Waals surface area (Å²) in [6.45, 7) is 3.20. The van der Waals surface area contributed by atoms with Gasteiger partial charge in [-0.05, 0) is 18.1 Å². The van der Waals surface area contributed by atoms with E-state index in [2.05, 4.69) is 31.8 Å². The Balaban J connectivity index is 1.44. The van der Waals surface area contributed by atoms with Crippen LogP contribution in [0.4, 0.5) is 0 Å². The Morgan fingerprint density at radius 3 is 2.70 bits per heavy atom. The van der Waals surface area contributed by atoms with Crippen molar-refractivity contribution in [1.29, 1.82) is 0 Å². The van der Waals surface area contributed by atoms with Crippen LogP contribution in [0.3, 0.4) is 0 Å². The molecule has 6 heteroatoms. The number of nitrogens with zero attached hydrogens (tertiary/aromatic N) is 4. The molecule has 0 saturated heterocycles. The standard InChI is InChI=1S/C21H18N4O2/c1-14-7-5-6-10-16(14)20-23-21(27-24-20)19-17-12-26-18(11-25(17)13-22-19)15-8-3-2-4-9-15/h2-10,13,18H,11-12H2,1H3/t18-/m1/s1. The fraction of sp³-hybridized carbons (Fsp3) is 0.190. The van der Waals surface area contributed by atoms with Gasteiger partial charge in [0.2, 0.25) is 5.82 Å². The van der Waals surface area contributed by atoms with Crippen LogP contribution in [0.15, 0.2) is 65.4 Å². The lowest BCUT2D eigenvalue weighted by Gasteiger charge is -2.25. The molecule has 1 aliphatic rings. The highest BCUT2D eigenvalue weighted by atomic mass is 16.5. The third-order valence-corrected chi connectivity index (χ3v) is 4.92. The Labute approximate surface area is 156 Å². The highest BCUT2D eigenvalue weighted by Gasteiger charge is 2.26. The van der Waals surface area contributed by atoms with E-state index in [1.54, 1.807) is 0 Å². The molecule has 0 amide bonds. The monoisotopic (exact) mass is 358 g/mol. The highest BCUT2D eigenvalue weighted by molar-refractivity contribution is 5.62. The van der Waals surface area contributed by atoms with Gasteiger partial charge in [0.25, 0.3) is 5.89 Å². The fourth-order valence-corrected chi connectivity index (χ4v) is 3.43. The average Bonchev–Trinajstić information content (AvgIpc) is 3.35. The number of aryl methyl sites for hydroxylation is 1. The quantitative estimate of drug-likeness (QED) is 0.550. The molecule has 1 atom stereocenters. The van der Waals surface area contributed by atoms with Gasteiger partial charge >= 0.3 is 0 Å². The largest absolute Gasteiger partial charge is 0.365 e. The van der Waals surface area contributed by atoms with E-state index in [1.165, 1.54) is 0 Å². The minimum absolute atomic E-state index is 0.0194. The Bertz CT molecular complexity index is 1080. The van der Waals surface area contributed by atoms with E-state index in [9.17, 15) is 0 Å². The van der Waals surface area contributed by atoms with Crippen molar-refractivity contribution in [2.75, 3.05) is 0 Å². The lowest BCUT2D eigenvalue weighted by Crippen LogP contribution is -2.20. The molecule has 5 rings (SSSR count). The van der Waals surface area contributed by atoms with Crippen LogP contribution in [-0.4, -0.2) is 19.7 Å². The summed E-state index contributed by atoms with van der Waals surface area (Å²) < 4.78 is 13.7. The van der Waals surface area contributed by atoms with Crippen molar-refractivity contribution >= 4 is 0 Å². The molecule has 0 unspecified atom stereocenters. The number of hydrogen-bond donors (Lipinski definition) is 0. The van der Waals surface area contributed by atoms with Crippen LogP contribution in [0.2, 0.25) is 0 Å². The van der Waals surface area contributed by atoms with Crippen LogP contribution in [-0.2, 0) is 17.9 Å². The summed E-state index contributed by atoms with van der Waals surface area (Å²) in [5, 5.41) is 4.14. The topological polar surface area (TPSA) is 66.0 Å². The highest BCUT2D eigenvalue weighted by Crippen LogP contribution is 2.32. The summed E-state index contributed by atoms with van der Waals surface area (Å²) in [5.41, 5.74) is 4.88. The lowest BCUT2D eigenvalue weighted by atomic mass is 10.1. The number of imidazole rings is 1. The lowest BCUT2D eigenvalue weighted by molar-refractivity contribution is 0.00330. The molecule has 6 nitrogen and oxygen atoms in total. The van der Waals surface area contributed by atoms with Crippen molar-refractivity contribution in [2.24, 2.45) is 0 Å². The van der Waals surface area contributed by atoms with Gasteiger partial charge in [0.1, 0.15) is 6.10 Å². The molecular weight excluding hydrogens is 340 g/mol. The van der Waals surface area contributed by atoms with Crippen molar-refractivity contribution in [3.8, 4) is 23.0 Å². The van der Waals surface area contributed by atoms with Crippen LogP contribution >= 0.6 is 0 Å². The predicted molar refractivity (Wildman–Crippen MR) is 99.7 cm³/mol. The van der Waals surface area contributed by atoms with Crippen molar-refractivity contribution in [3.05, 3.63) is 77.7 Å². The summed E-state index contributed by atoms with van der Waals surface area (Å²) >= 11 is 0. The van der Waals surface area contributed by atoms with E-state index >= 15 is 0 Å². The third-order valence-electron chi connectivity index (χ3n) is 4.92. The Kier molecular flexibility index (Phi) is 3.83. The minimum Gasteiger partial charge on any atom is -0.365 e. The SMILES string of the molecule is Cc1ccccc1-c1noc(-c2ncn3c2CO[C@@H](c2ccccc2)C3)n1. The Morgan fingerprint density at radius 2 is 1.85 bits per heavy atom. The molecule has 2 aromatic carbocycles. The second kappa shape index (κ2) is 6.48. The predicted octanol–water partition coefficient (Wildman–Crippen LogP) is 4.18. The van der Waals surface area contributed by atoms with Gasteiger partial charge in [-0.15, -0.1) is 0 Å². The molecule has 4 aromatic rings. The average molecular weight is 358 g/mol. The molecule has 0 N–H and O–H groups in total. The van der Waals surface area contributed by atoms with Crippen LogP contribution in [0, 0.1) is 6.92 Å². The van der Waals surface area contributed by atoms with E-state index in [4.69, 9.17) is 9.26 Å². The van der Waals surface area contributed by atoms with Crippen LogP contribution in [0.1, 0.15) is 22.9 Å². The zero-order valence-electron chi connectivity index (χ0n) is 14.9. The maximum Gasteiger partial charge on any atom is 0.278 e. The second-order valence-corrected chi connectivity index (χ2v) is 6.64. The van der Waals surface area contributed by atoms with Gasteiger partial charge in [0.15, 0.2) is 5.69 Å². The molecule has 1 aliphatic heterocycles. The molecule has 0 fully saturated rings. The van der Waals surface area contributed by atoms with Crippen molar-refractivity contribution in [3.63, 3.8) is 0 Å². The number of fused-ring (bicyclic) bond motifs is 1. The molecule has 0 bridgehead atoms. The summed E-state index contributed by atoms with van der Waals surface area (Å²) in [5.74, 6) is 0.993. The molecule has 0 saturated carbocycles. The van der Waals surface area contributed by atoms with Gasteiger partial charge in [-0.2, -0.15) is 4.98 Å². The number of aromatic nitrogens is 4. The minimum atomic E-state index is 0.0194. The van der Waals surface area contributed by atoms with E-state index in [0.717, 1.165) is 22.4 Å². The summed E-state index contributed by atoms with van der Waals surface area (Å²) in [6.07, 6.45) is 1.84. The van der Waals surface area contributed by atoms with E-state index in [-0.39, 0.29) is 6.10 Å². The third kappa shape index (κ3) is 2.84. The van der Waals surface area contributed by atoms with Crippen molar-refractivity contribution < 1.29 is 9.26 Å². The van der Waals surface area contributed by atoms with Gasteiger partial charge in [0, 0.05) is 5.56 Å². The molecular formula is C21H18N4O2. The van der Waals surface area contributed by atoms with E-state index in [0.29, 0.717) is 30.6 Å². The van der Waals surface area contributed by atoms with Gasteiger partial charge < -0.3 is 13.8 Å². The van der Waals surface area contributed by atoms with Crippen molar-refractivity contribution in [1.82, 2.24) is 19.7 Å². The number of ether oxygens (including phenoxy) is 1. The van der Waals surface area contributed by atoms with E-state index in [1.807, 2.05) is 55.7 Å². The van der Waals surface area contributed by atoms with Gasteiger partial charge in [0.05, 0.1) is 25.2 Å². The maximum atomic E-state index is 6.07. The van der Waals surface area contributed by atoms with Gasteiger partial charge in [-0.3, -0.25) is 0 Å². The Morgan fingerprint density at radius 1 is 1.04 bits per heavy atom. The summed E-state index contributed by atoms with van der Waals surface area (Å²) in [4.78, 5) is 9.07. The van der Waals surface area contributed by atoms with Gasteiger partial charge in [-0.25, -0.2) is 4.98 Å². The fourth-order valence-electron chi connectivity index (χ4n) is 3.43. The molecule has 2 aromatic heterocycles. The molecule has 134 valence electrons. The number of rotatable bonds is 3. The molecule has 0 radical (unpaired) electrons. The first-order valence-corrected chi connectivity index (χ1v) is 8.90. The normalized spacial score (nSPS) is 16.3. The zero-order chi connectivity index (χ0) is 18.2. The summed E-state index contributed by atoms with van der Waals surface area (Å²) in [6, 6.07) is 18.2. The zero-order valence-corrected chi connectivity index (χ0v) is 14.9. The Hall–Kier alpha value is -3.25. The molecule has 0 spiro atoms. The first kappa shape index (κ1) is 16.0. The van der Waals surface area contributed by atoms with Crippen LogP contribution in [0.5, 0.6) is 0 Å². The second-order valence-electron chi connectivity index (χ2n) is 6.64. The number of hydrogen-bond acceptors (Lipinski definition) is 5. The molecule has 27 heavy (non-hydrogen) atoms. The first-order valence-electron chi connectivity index (χ1n) is 8.90. The van der Waals surface area contributed by atoms with Gasteiger partial charge in [-0.1, -0.05) is 59.8 Å². The van der Waals surface area contributed by atoms with Crippen LogP contribution < -0.4 is 0 Å². The maximum absolute atomic E-state index is 6.07. The molecule has 3 heterocycles.